The molecule has 2 rings (SSSR count). The average molecular weight is 305 g/mol. The van der Waals surface area contributed by atoms with E-state index >= 15 is 0 Å². The van der Waals surface area contributed by atoms with Crippen molar-refractivity contribution in [2.45, 2.75) is 4.21 Å². The molecule has 0 aliphatic heterocycles. The van der Waals surface area contributed by atoms with Crippen molar-refractivity contribution in [1.29, 1.82) is 0 Å². The number of nitrogens with one attached hydrogen (secondary N) is 1. The molecule has 0 spiro atoms. The number of hydrogen-bond donors (Lipinski definition) is 1. The molecule has 0 aromatic carbocycles. The lowest BCUT2D eigenvalue weighted by molar-refractivity contribution is 0.603. The monoisotopic (exact) mass is 304 g/mol. The van der Waals surface area contributed by atoms with Gasteiger partial charge in [-0.05, 0) is 24.3 Å². The van der Waals surface area contributed by atoms with Crippen molar-refractivity contribution < 1.29 is 8.42 Å². The van der Waals surface area contributed by atoms with Crippen LogP contribution in [0.25, 0.3) is 0 Å². The number of sulfonamides is 1. The van der Waals surface area contributed by atoms with Gasteiger partial charge in [0.15, 0.2) is 0 Å². The van der Waals surface area contributed by atoms with Crippen LogP contribution in [0.5, 0.6) is 0 Å². The fourth-order valence-electron chi connectivity index (χ4n) is 1.31. The first-order valence-corrected chi connectivity index (χ1v) is 7.52. The normalized spacial score (nSPS) is 11.4. The van der Waals surface area contributed by atoms with Crippen LogP contribution in [-0.2, 0) is 17.1 Å². The number of thiophene rings is 1. The van der Waals surface area contributed by atoms with Gasteiger partial charge < -0.3 is 4.57 Å². The van der Waals surface area contributed by atoms with Gasteiger partial charge in [-0.1, -0.05) is 11.6 Å². The molecule has 2 aromatic heterocycles. The minimum Gasteiger partial charge on any atom is -0.317 e. The van der Waals surface area contributed by atoms with E-state index in [1.807, 2.05) is 0 Å². The molecule has 0 amide bonds. The molecule has 0 saturated carbocycles. The maximum Gasteiger partial charge on any atom is 0.274 e. The molecule has 2 aromatic rings. The van der Waals surface area contributed by atoms with Crippen molar-refractivity contribution in [3.8, 4) is 0 Å². The zero-order valence-corrected chi connectivity index (χ0v) is 11.6. The summed E-state index contributed by atoms with van der Waals surface area (Å²) in [7, 11) is -2.22. The average Bonchev–Trinajstić information content (AvgIpc) is 2.72. The highest BCUT2D eigenvalue weighted by Gasteiger charge is 2.18. The van der Waals surface area contributed by atoms with Gasteiger partial charge in [0.2, 0.25) is 0 Å². The summed E-state index contributed by atoms with van der Waals surface area (Å²) >= 11 is 6.62. The van der Waals surface area contributed by atoms with Crippen LogP contribution in [0.2, 0.25) is 4.34 Å². The molecule has 8 heteroatoms. The van der Waals surface area contributed by atoms with Crippen molar-refractivity contribution >= 4 is 38.6 Å². The van der Waals surface area contributed by atoms with Crippen LogP contribution in [0, 0.1) is 0 Å². The molecule has 0 fully saturated rings. The van der Waals surface area contributed by atoms with E-state index in [1.165, 1.54) is 22.8 Å². The van der Waals surface area contributed by atoms with Crippen LogP contribution >= 0.6 is 22.9 Å². The molecule has 0 aliphatic rings. The first kappa shape index (κ1) is 13.1. The lowest BCUT2D eigenvalue weighted by atomic mass is 10.4. The van der Waals surface area contributed by atoms with Crippen LogP contribution in [0.1, 0.15) is 0 Å². The number of aromatic nitrogens is 1. The summed E-state index contributed by atoms with van der Waals surface area (Å²) in [5.74, 6) is 0. The summed E-state index contributed by atoms with van der Waals surface area (Å²) in [4.78, 5) is 11.7. The van der Waals surface area contributed by atoms with Gasteiger partial charge in [0, 0.05) is 13.2 Å². The van der Waals surface area contributed by atoms with E-state index < -0.39 is 15.6 Å². The Morgan fingerprint density at radius 1 is 1.33 bits per heavy atom. The topological polar surface area (TPSA) is 68.2 Å². The molecule has 0 saturated heterocycles. The van der Waals surface area contributed by atoms with Gasteiger partial charge in [0.25, 0.3) is 15.6 Å². The Morgan fingerprint density at radius 2 is 2.06 bits per heavy atom. The number of halogens is 1. The smallest absolute Gasteiger partial charge is 0.274 e. The van der Waals surface area contributed by atoms with Gasteiger partial charge in [0.05, 0.1) is 4.34 Å². The number of rotatable bonds is 3. The Balaban J connectivity index is 2.40. The Kier molecular flexibility index (Phi) is 3.47. The van der Waals surface area contributed by atoms with Crippen LogP contribution in [0.3, 0.4) is 0 Å². The second-order valence-corrected chi connectivity index (χ2v) is 7.13. The Bertz CT molecular complexity index is 734. The van der Waals surface area contributed by atoms with E-state index in [4.69, 9.17) is 11.6 Å². The van der Waals surface area contributed by atoms with Gasteiger partial charge >= 0.3 is 0 Å². The molecule has 0 bridgehead atoms. The fourth-order valence-corrected chi connectivity index (χ4v) is 3.85. The summed E-state index contributed by atoms with van der Waals surface area (Å²) in [5, 5.41) is 0. The number of nitrogens with zero attached hydrogens (tertiary/aromatic N) is 1. The van der Waals surface area contributed by atoms with E-state index in [2.05, 4.69) is 4.72 Å². The summed E-state index contributed by atoms with van der Waals surface area (Å²) in [6, 6.07) is 5.88. The highest BCUT2D eigenvalue weighted by atomic mass is 35.5. The van der Waals surface area contributed by atoms with Gasteiger partial charge in [0.1, 0.15) is 9.90 Å². The quantitative estimate of drug-likeness (QED) is 0.941. The SMILES string of the molecule is Cn1cccc(NS(=O)(=O)c2ccc(Cl)s2)c1=O. The summed E-state index contributed by atoms with van der Waals surface area (Å²) < 4.78 is 27.9. The Hall–Kier alpha value is -1.31. The van der Waals surface area contributed by atoms with Gasteiger partial charge in [-0.2, -0.15) is 0 Å². The predicted molar refractivity (Wildman–Crippen MR) is 71.8 cm³/mol. The lowest BCUT2D eigenvalue weighted by Gasteiger charge is -2.06. The van der Waals surface area contributed by atoms with E-state index in [9.17, 15) is 13.2 Å². The number of aryl methyl sites for hydroxylation is 1. The van der Waals surface area contributed by atoms with Crippen molar-refractivity contribution in [2.24, 2.45) is 7.05 Å². The van der Waals surface area contributed by atoms with Crippen molar-refractivity contribution in [3.63, 3.8) is 0 Å². The zero-order chi connectivity index (χ0) is 13.3. The molecule has 0 unspecified atom stereocenters. The van der Waals surface area contributed by atoms with Crippen molar-refractivity contribution in [3.05, 3.63) is 45.2 Å². The molecule has 0 atom stereocenters. The maximum atomic E-state index is 12.0. The predicted octanol–water partition coefficient (Wildman–Crippen LogP) is 1.90. The first-order chi connectivity index (χ1) is 8.40. The molecule has 2 heterocycles. The van der Waals surface area contributed by atoms with Crippen molar-refractivity contribution in [1.82, 2.24) is 4.57 Å². The van der Waals surface area contributed by atoms with E-state index in [0.29, 0.717) is 4.34 Å². The highest BCUT2D eigenvalue weighted by molar-refractivity contribution is 7.94. The molecular weight excluding hydrogens is 296 g/mol. The molecule has 1 N–H and O–H groups in total. The highest BCUT2D eigenvalue weighted by Crippen LogP contribution is 2.26. The molecule has 5 nitrogen and oxygen atoms in total. The maximum absolute atomic E-state index is 12.0. The largest absolute Gasteiger partial charge is 0.317 e. The summed E-state index contributed by atoms with van der Waals surface area (Å²) in [5.41, 5.74) is -0.409. The molecule has 0 radical (unpaired) electrons. The van der Waals surface area contributed by atoms with Crippen molar-refractivity contribution in [2.75, 3.05) is 4.72 Å². The molecule has 18 heavy (non-hydrogen) atoms. The summed E-state index contributed by atoms with van der Waals surface area (Å²) in [6.45, 7) is 0. The number of hydrogen-bond acceptors (Lipinski definition) is 4. The zero-order valence-electron chi connectivity index (χ0n) is 9.25. The first-order valence-electron chi connectivity index (χ1n) is 4.84. The van der Waals surface area contributed by atoms with E-state index in [-0.39, 0.29) is 9.90 Å². The van der Waals surface area contributed by atoms with Gasteiger partial charge in [-0.3, -0.25) is 9.52 Å². The lowest BCUT2D eigenvalue weighted by Crippen LogP contribution is -2.23. The number of pyridine rings is 1. The van der Waals surface area contributed by atoms with E-state index in [1.54, 1.807) is 19.3 Å². The summed E-state index contributed by atoms with van der Waals surface area (Å²) in [6.07, 6.45) is 1.54. The number of anilines is 1. The second-order valence-electron chi connectivity index (χ2n) is 3.50. The standard InChI is InChI=1S/C10H9ClN2O3S2/c1-13-6-2-3-7(10(13)14)12-18(15,16)9-5-4-8(11)17-9/h2-6,12H,1H3. The molecule has 96 valence electrons. The fraction of sp³-hybridized carbons (Fsp3) is 0.100. The second kappa shape index (κ2) is 4.75. The van der Waals surface area contributed by atoms with Crippen LogP contribution in [0.15, 0.2) is 39.5 Å². The molecule has 0 aliphatic carbocycles. The molecular formula is C10H9ClN2O3S2. The van der Waals surface area contributed by atoms with Crippen LogP contribution < -0.4 is 10.3 Å². The minimum atomic E-state index is -3.76. The van der Waals surface area contributed by atoms with Crippen LogP contribution in [-0.4, -0.2) is 13.0 Å². The third kappa shape index (κ3) is 2.58. The Morgan fingerprint density at radius 3 is 2.67 bits per heavy atom. The minimum absolute atomic E-state index is 0.00419. The third-order valence-electron chi connectivity index (χ3n) is 2.18. The Labute approximate surface area is 113 Å². The van der Waals surface area contributed by atoms with E-state index in [0.717, 1.165) is 11.3 Å². The third-order valence-corrected chi connectivity index (χ3v) is 5.27. The van der Waals surface area contributed by atoms with Gasteiger partial charge in [-0.25, -0.2) is 8.42 Å². The van der Waals surface area contributed by atoms with Gasteiger partial charge in [-0.15, -0.1) is 11.3 Å². The van der Waals surface area contributed by atoms with Crippen LogP contribution in [0.4, 0.5) is 5.69 Å².